The fourth-order valence-corrected chi connectivity index (χ4v) is 2.59. The van der Waals surface area contributed by atoms with E-state index in [9.17, 15) is 9.50 Å². The molecule has 1 atom stereocenters. The van der Waals surface area contributed by atoms with Gasteiger partial charge >= 0.3 is 0 Å². The third-order valence-corrected chi connectivity index (χ3v) is 3.99. The number of hydrogen-bond donors (Lipinski definition) is 1. The van der Waals surface area contributed by atoms with Gasteiger partial charge in [0.2, 0.25) is 0 Å². The molecule has 0 aliphatic rings. The van der Waals surface area contributed by atoms with Crippen molar-refractivity contribution in [2.24, 2.45) is 0 Å². The average Bonchev–Trinajstić information content (AvgIpc) is 2.37. The maximum absolute atomic E-state index is 13.7. The zero-order valence-electron chi connectivity index (χ0n) is 10.3. The Balaban J connectivity index is 2.28. The first-order valence-electron chi connectivity index (χ1n) is 5.86. The zero-order valence-corrected chi connectivity index (χ0v) is 12.7. The van der Waals surface area contributed by atoms with Crippen molar-refractivity contribution in [3.8, 4) is 0 Å². The summed E-state index contributed by atoms with van der Waals surface area (Å²) in [6.07, 6.45) is -0.561. The second-order valence-corrected chi connectivity index (χ2v) is 5.73. The fourth-order valence-electron chi connectivity index (χ4n) is 2.00. The van der Waals surface area contributed by atoms with Gasteiger partial charge < -0.3 is 5.11 Å². The second-order valence-electron chi connectivity index (χ2n) is 4.41. The van der Waals surface area contributed by atoms with Gasteiger partial charge in [0.25, 0.3) is 0 Å². The summed E-state index contributed by atoms with van der Waals surface area (Å²) in [5.41, 5.74) is 2.03. The van der Waals surface area contributed by atoms with Crippen LogP contribution < -0.4 is 0 Å². The van der Waals surface area contributed by atoms with Crippen molar-refractivity contribution in [3.05, 3.63) is 68.4 Å². The molecule has 0 aliphatic carbocycles. The molecule has 1 N–H and O–H groups in total. The van der Waals surface area contributed by atoms with Gasteiger partial charge in [-0.2, -0.15) is 0 Å². The van der Waals surface area contributed by atoms with Gasteiger partial charge in [0.15, 0.2) is 0 Å². The Kier molecular flexibility index (Phi) is 4.61. The molecule has 0 fully saturated rings. The van der Waals surface area contributed by atoms with Gasteiger partial charge in [-0.25, -0.2) is 4.39 Å². The molecule has 2 aromatic carbocycles. The van der Waals surface area contributed by atoms with Crippen LogP contribution in [0.4, 0.5) is 4.39 Å². The molecule has 0 saturated carbocycles. The highest BCUT2D eigenvalue weighted by molar-refractivity contribution is 9.10. The maximum atomic E-state index is 13.7. The van der Waals surface area contributed by atoms with E-state index < -0.39 is 6.10 Å². The van der Waals surface area contributed by atoms with E-state index in [1.54, 1.807) is 24.3 Å². The maximum Gasteiger partial charge on any atom is 0.126 e. The Labute approximate surface area is 125 Å². The summed E-state index contributed by atoms with van der Waals surface area (Å²) >= 11 is 9.32. The lowest BCUT2D eigenvalue weighted by Gasteiger charge is -2.15. The van der Waals surface area contributed by atoms with Crippen LogP contribution in [-0.4, -0.2) is 5.11 Å². The summed E-state index contributed by atoms with van der Waals surface area (Å²) in [5, 5.41) is 10.9. The predicted octanol–water partition coefficient (Wildman–Crippen LogP) is 4.83. The van der Waals surface area contributed by atoms with Crippen molar-refractivity contribution in [1.82, 2.24) is 0 Å². The monoisotopic (exact) mass is 342 g/mol. The minimum absolute atomic E-state index is 0.215. The number of benzene rings is 2. The number of rotatable bonds is 3. The van der Waals surface area contributed by atoms with E-state index in [0.29, 0.717) is 10.6 Å². The standard InChI is InChI=1S/C15H13BrClFO/c1-9-12(3-2-4-13(9)17)15(19)8-10-7-11(16)5-6-14(10)18/h2-7,15,19H,8H2,1H3. The van der Waals surface area contributed by atoms with E-state index >= 15 is 0 Å². The Morgan fingerprint density at radius 2 is 2.05 bits per heavy atom. The van der Waals surface area contributed by atoms with Gasteiger partial charge in [0.05, 0.1) is 6.10 Å². The molecule has 1 nitrogen and oxygen atoms in total. The zero-order chi connectivity index (χ0) is 14.0. The van der Waals surface area contributed by atoms with Crippen LogP contribution in [0.2, 0.25) is 5.02 Å². The number of aliphatic hydroxyl groups is 1. The second kappa shape index (κ2) is 6.04. The first-order valence-corrected chi connectivity index (χ1v) is 7.03. The summed E-state index contributed by atoms with van der Waals surface area (Å²) in [4.78, 5) is 0. The molecule has 100 valence electrons. The third-order valence-electron chi connectivity index (χ3n) is 3.09. The molecule has 2 rings (SSSR count). The van der Waals surface area contributed by atoms with Crippen LogP contribution >= 0.6 is 27.5 Å². The van der Waals surface area contributed by atoms with Crippen molar-refractivity contribution in [2.75, 3.05) is 0 Å². The topological polar surface area (TPSA) is 20.2 Å². The summed E-state index contributed by atoms with van der Waals surface area (Å²) in [5.74, 6) is -0.318. The van der Waals surface area contributed by atoms with Crippen LogP contribution in [0, 0.1) is 12.7 Å². The average molecular weight is 344 g/mol. The van der Waals surface area contributed by atoms with Crippen LogP contribution in [-0.2, 0) is 6.42 Å². The largest absolute Gasteiger partial charge is 0.388 e. The lowest BCUT2D eigenvalue weighted by molar-refractivity contribution is 0.176. The van der Waals surface area contributed by atoms with E-state index in [1.165, 1.54) is 6.07 Å². The van der Waals surface area contributed by atoms with Crippen LogP contribution in [0.1, 0.15) is 22.8 Å². The summed E-state index contributed by atoms with van der Waals surface area (Å²) in [6, 6.07) is 10.1. The molecule has 1 unspecified atom stereocenters. The third kappa shape index (κ3) is 3.35. The normalized spacial score (nSPS) is 12.5. The molecular formula is C15H13BrClFO. The lowest BCUT2D eigenvalue weighted by atomic mass is 9.97. The highest BCUT2D eigenvalue weighted by Crippen LogP contribution is 2.28. The molecule has 19 heavy (non-hydrogen) atoms. The van der Waals surface area contributed by atoms with Crippen LogP contribution in [0.5, 0.6) is 0 Å². The minimum Gasteiger partial charge on any atom is -0.388 e. The molecule has 0 aromatic heterocycles. The van der Waals surface area contributed by atoms with Crippen LogP contribution in [0.15, 0.2) is 40.9 Å². The van der Waals surface area contributed by atoms with E-state index in [4.69, 9.17) is 11.6 Å². The summed E-state index contributed by atoms with van der Waals surface area (Å²) < 4.78 is 14.5. The molecule has 0 bridgehead atoms. The van der Waals surface area contributed by atoms with Gasteiger partial charge in [-0.3, -0.25) is 0 Å². The predicted molar refractivity (Wildman–Crippen MR) is 79.0 cm³/mol. The smallest absolute Gasteiger partial charge is 0.126 e. The van der Waals surface area contributed by atoms with Crippen LogP contribution in [0.3, 0.4) is 0 Å². The van der Waals surface area contributed by atoms with E-state index in [1.807, 2.05) is 13.0 Å². The quantitative estimate of drug-likeness (QED) is 0.846. The summed E-state index contributed by atoms with van der Waals surface area (Å²) in [6.45, 7) is 1.85. The van der Waals surface area contributed by atoms with Crippen molar-refractivity contribution in [3.63, 3.8) is 0 Å². The molecule has 0 radical (unpaired) electrons. The number of halogens is 3. The molecule has 0 amide bonds. The molecule has 4 heteroatoms. The van der Waals surface area contributed by atoms with Crippen molar-refractivity contribution in [2.45, 2.75) is 19.4 Å². The van der Waals surface area contributed by atoms with Crippen LogP contribution in [0.25, 0.3) is 0 Å². The first-order chi connectivity index (χ1) is 8.99. The molecule has 0 aliphatic heterocycles. The van der Waals surface area contributed by atoms with Gasteiger partial charge in [0.1, 0.15) is 5.82 Å². The lowest BCUT2D eigenvalue weighted by Crippen LogP contribution is -2.05. The van der Waals surface area contributed by atoms with Crippen molar-refractivity contribution in [1.29, 1.82) is 0 Å². The van der Waals surface area contributed by atoms with Gasteiger partial charge in [-0.1, -0.05) is 39.7 Å². The Morgan fingerprint density at radius 1 is 1.32 bits per heavy atom. The van der Waals surface area contributed by atoms with E-state index in [2.05, 4.69) is 15.9 Å². The summed E-state index contributed by atoms with van der Waals surface area (Å²) in [7, 11) is 0. The van der Waals surface area contributed by atoms with E-state index in [-0.39, 0.29) is 12.2 Å². The van der Waals surface area contributed by atoms with Gasteiger partial charge in [0, 0.05) is 15.9 Å². The van der Waals surface area contributed by atoms with Gasteiger partial charge in [-0.15, -0.1) is 0 Å². The van der Waals surface area contributed by atoms with Gasteiger partial charge in [-0.05, 0) is 47.9 Å². The molecule has 2 aromatic rings. The molecule has 0 heterocycles. The SMILES string of the molecule is Cc1c(Cl)cccc1C(O)Cc1cc(Br)ccc1F. The van der Waals surface area contributed by atoms with Crippen molar-refractivity contribution < 1.29 is 9.50 Å². The molecule has 0 spiro atoms. The van der Waals surface area contributed by atoms with E-state index in [0.717, 1.165) is 15.6 Å². The fraction of sp³-hybridized carbons (Fsp3) is 0.200. The molecule has 0 saturated heterocycles. The highest BCUT2D eigenvalue weighted by Gasteiger charge is 2.15. The first kappa shape index (κ1) is 14.5. The number of hydrogen-bond acceptors (Lipinski definition) is 1. The Bertz CT molecular complexity index is 601. The highest BCUT2D eigenvalue weighted by atomic mass is 79.9. The Morgan fingerprint density at radius 3 is 2.79 bits per heavy atom. The minimum atomic E-state index is -0.775. The molecular weight excluding hydrogens is 331 g/mol. The van der Waals surface area contributed by atoms with Crippen molar-refractivity contribution >= 4 is 27.5 Å². The number of aliphatic hydroxyl groups excluding tert-OH is 1. The Hall–Kier alpha value is -0.900.